The molecule has 0 radical (unpaired) electrons. The van der Waals surface area contributed by atoms with Crippen molar-refractivity contribution in [1.82, 2.24) is 20.1 Å². The molecule has 2 fully saturated rings. The van der Waals surface area contributed by atoms with Crippen molar-refractivity contribution in [2.24, 2.45) is 11.8 Å². The van der Waals surface area contributed by atoms with E-state index < -0.39 is 46.2 Å². The Hall–Kier alpha value is -3.42. The van der Waals surface area contributed by atoms with Gasteiger partial charge in [0.05, 0.1) is 17.8 Å². The van der Waals surface area contributed by atoms with E-state index >= 15 is 0 Å². The molecule has 12 nitrogen and oxygen atoms in total. The number of oxazole rings is 1. The van der Waals surface area contributed by atoms with Gasteiger partial charge >= 0.3 is 5.97 Å². The number of esters is 1. The molecule has 0 spiro atoms. The van der Waals surface area contributed by atoms with Gasteiger partial charge in [-0.1, -0.05) is 50.6 Å². The van der Waals surface area contributed by atoms with Crippen LogP contribution in [0.3, 0.4) is 0 Å². The summed E-state index contributed by atoms with van der Waals surface area (Å²) in [4.78, 5) is 60.8. The number of cyclic esters (lactones) is 1. The van der Waals surface area contributed by atoms with Gasteiger partial charge in [0.2, 0.25) is 11.8 Å². The minimum Gasteiger partial charge on any atom is -0.460 e. The molecule has 2 amide bonds. The SMILES string of the molecule is CC1=C\[C@@H](O)CC(=O)Cc2nc(co2)C(=O)N2CC[C@@H](S(=O)CCN3CCCC3)[C@@H]2C(=O)OC(C(C)C)[C@H](C)/C=C/C(=O)NC\C=C\1. The molecule has 0 aromatic carbocycles. The molecule has 0 saturated carbocycles. The Bertz CT molecular complexity index is 1400. The molecule has 2 unspecified atom stereocenters. The lowest BCUT2D eigenvalue weighted by molar-refractivity contribution is -0.157. The van der Waals surface area contributed by atoms with Crippen molar-refractivity contribution in [3.63, 3.8) is 0 Å². The molecule has 0 aliphatic carbocycles. The average molecular weight is 673 g/mol. The monoisotopic (exact) mass is 672 g/mol. The number of aromatic nitrogens is 1. The number of hydrogen-bond acceptors (Lipinski definition) is 10. The number of rotatable bonds is 5. The van der Waals surface area contributed by atoms with E-state index in [1.807, 2.05) is 20.8 Å². The Morgan fingerprint density at radius 2 is 1.87 bits per heavy atom. The lowest BCUT2D eigenvalue weighted by Gasteiger charge is -2.31. The molecule has 3 aliphatic rings. The van der Waals surface area contributed by atoms with Crippen molar-refractivity contribution in [3.05, 3.63) is 53.8 Å². The summed E-state index contributed by atoms with van der Waals surface area (Å²) in [6, 6.07) is -1.11. The van der Waals surface area contributed by atoms with E-state index in [1.165, 1.54) is 11.0 Å². The third-order valence-corrected chi connectivity index (χ3v) is 10.5. The maximum Gasteiger partial charge on any atom is 0.330 e. The first-order chi connectivity index (χ1) is 22.4. The molecule has 258 valence electrons. The molecule has 3 aliphatic heterocycles. The molecule has 1 aromatic heterocycles. The Kier molecular flexibility index (Phi) is 13.3. The Morgan fingerprint density at radius 1 is 1.13 bits per heavy atom. The van der Waals surface area contributed by atoms with Gasteiger partial charge in [-0.25, -0.2) is 9.78 Å². The number of fused-ring (bicyclic) bond motifs is 3. The van der Waals surface area contributed by atoms with Crippen molar-refractivity contribution in [2.45, 2.75) is 83.3 Å². The van der Waals surface area contributed by atoms with Crippen LogP contribution in [0, 0.1) is 11.8 Å². The highest BCUT2D eigenvalue weighted by molar-refractivity contribution is 7.85. The molecule has 1 aromatic rings. The van der Waals surface area contributed by atoms with E-state index in [9.17, 15) is 28.5 Å². The van der Waals surface area contributed by atoms with Crippen molar-refractivity contribution >= 4 is 34.4 Å². The zero-order valence-electron chi connectivity index (χ0n) is 27.8. The summed E-state index contributed by atoms with van der Waals surface area (Å²) in [5.74, 6) is -1.96. The minimum atomic E-state index is -1.42. The van der Waals surface area contributed by atoms with E-state index in [2.05, 4.69) is 15.2 Å². The number of ketones is 1. The smallest absolute Gasteiger partial charge is 0.330 e. The summed E-state index contributed by atoms with van der Waals surface area (Å²) in [5, 5.41) is 12.5. The number of ether oxygens (including phenoxy) is 1. The van der Waals surface area contributed by atoms with Gasteiger partial charge in [0.1, 0.15) is 24.2 Å². The van der Waals surface area contributed by atoms with Gasteiger partial charge in [0.25, 0.3) is 5.91 Å². The van der Waals surface area contributed by atoms with Crippen LogP contribution in [0.15, 0.2) is 46.6 Å². The zero-order chi connectivity index (χ0) is 34.1. The van der Waals surface area contributed by atoms with E-state index in [1.54, 1.807) is 31.2 Å². The number of amides is 2. The Labute approximate surface area is 279 Å². The van der Waals surface area contributed by atoms with E-state index in [0.29, 0.717) is 24.3 Å². The van der Waals surface area contributed by atoms with Gasteiger partial charge in [-0.2, -0.15) is 0 Å². The number of likely N-dealkylation sites (tertiary alicyclic amines) is 1. The predicted molar refractivity (Wildman–Crippen MR) is 177 cm³/mol. The summed E-state index contributed by atoms with van der Waals surface area (Å²) in [6.07, 6.45) is 9.74. The molecule has 4 heterocycles. The van der Waals surface area contributed by atoms with Gasteiger partial charge in [-0.05, 0) is 51.3 Å². The van der Waals surface area contributed by atoms with Crippen molar-refractivity contribution in [1.29, 1.82) is 0 Å². The fourth-order valence-electron chi connectivity index (χ4n) is 6.32. The highest BCUT2D eigenvalue weighted by atomic mass is 32.2. The molecule has 2 saturated heterocycles. The van der Waals surface area contributed by atoms with E-state index in [4.69, 9.17) is 9.15 Å². The summed E-state index contributed by atoms with van der Waals surface area (Å²) in [7, 11) is -1.42. The lowest BCUT2D eigenvalue weighted by atomic mass is 9.94. The number of Topliss-reactive ketones (excluding diaryl/α,β-unsaturated/α-hetero) is 1. The van der Waals surface area contributed by atoms with Crippen molar-refractivity contribution < 1.29 is 37.6 Å². The maximum absolute atomic E-state index is 14.0. The van der Waals surface area contributed by atoms with Crippen LogP contribution in [0.1, 0.15) is 69.8 Å². The normalized spacial score (nSPS) is 30.7. The van der Waals surface area contributed by atoms with Crippen molar-refractivity contribution in [2.75, 3.05) is 38.5 Å². The zero-order valence-corrected chi connectivity index (χ0v) is 28.6. The second-order valence-corrected chi connectivity index (χ2v) is 14.7. The molecule has 13 heteroatoms. The average Bonchev–Trinajstić information content (AvgIpc) is 3.80. The first-order valence-electron chi connectivity index (χ1n) is 16.5. The molecular formula is C34H48N4O8S. The second kappa shape index (κ2) is 17.1. The number of carbonyl (C=O) groups excluding carboxylic acids is 4. The van der Waals surface area contributed by atoms with Gasteiger partial charge in [0, 0.05) is 48.5 Å². The first-order valence-corrected chi connectivity index (χ1v) is 17.9. The molecule has 6 atom stereocenters. The third kappa shape index (κ3) is 10.3. The highest BCUT2D eigenvalue weighted by Gasteiger charge is 2.47. The first kappa shape index (κ1) is 36.4. The Balaban J connectivity index is 1.62. The van der Waals surface area contributed by atoms with Gasteiger partial charge < -0.3 is 29.4 Å². The molecule has 2 bridgehead atoms. The van der Waals surface area contributed by atoms with Crippen LogP contribution in [0.4, 0.5) is 0 Å². The predicted octanol–water partition coefficient (Wildman–Crippen LogP) is 2.36. The summed E-state index contributed by atoms with van der Waals surface area (Å²) in [5.41, 5.74) is 0.639. The van der Waals surface area contributed by atoms with Gasteiger partial charge in [-0.15, -0.1) is 0 Å². The maximum atomic E-state index is 14.0. The van der Waals surface area contributed by atoms with Crippen LogP contribution in [0.5, 0.6) is 0 Å². The van der Waals surface area contributed by atoms with E-state index in [0.717, 1.165) is 32.2 Å². The standard InChI is InChI=1S/C34H48N4O8S/c1-22(2)32-24(4)9-10-29(41)35-12-7-8-23(3)18-25(39)19-26(40)20-30-36-27(21-45-30)33(42)38-15-11-28(31(38)34(43)46-32)47(44)17-16-37-13-5-6-14-37/h7-10,18,21-22,24-25,28,31-32,39H,5-6,11-17,19-20H2,1-4H3,(H,35,41)/b8-7+,10-9+,23-18+/t24-,25-,28-,31-,32?,47?/m1/s1. The van der Waals surface area contributed by atoms with Crippen LogP contribution in [0.2, 0.25) is 0 Å². The quantitative estimate of drug-likeness (QED) is 0.445. The summed E-state index contributed by atoms with van der Waals surface area (Å²) < 4.78 is 25.2. The lowest BCUT2D eigenvalue weighted by Crippen LogP contribution is -2.49. The molecule has 2 N–H and O–H groups in total. The van der Waals surface area contributed by atoms with E-state index in [-0.39, 0.29) is 61.0 Å². The number of carbonyl (C=O) groups is 4. The van der Waals surface area contributed by atoms with Gasteiger partial charge in [-0.3, -0.25) is 18.6 Å². The third-order valence-electron chi connectivity index (χ3n) is 8.75. The topological polar surface area (TPSA) is 159 Å². The molecular weight excluding hydrogens is 624 g/mol. The Morgan fingerprint density at radius 3 is 2.60 bits per heavy atom. The number of nitrogens with one attached hydrogen (secondary N) is 1. The van der Waals surface area contributed by atoms with Crippen LogP contribution >= 0.6 is 0 Å². The summed E-state index contributed by atoms with van der Waals surface area (Å²) in [6.45, 7) is 10.4. The molecule has 47 heavy (non-hydrogen) atoms. The van der Waals surface area contributed by atoms with Crippen molar-refractivity contribution in [3.8, 4) is 0 Å². The highest BCUT2D eigenvalue weighted by Crippen LogP contribution is 2.29. The number of aliphatic hydroxyl groups excluding tert-OH is 1. The number of allylic oxidation sites excluding steroid dienone is 2. The number of aliphatic hydroxyl groups is 1. The van der Waals surface area contributed by atoms with Crippen LogP contribution in [-0.2, 0) is 36.3 Å². The fourth-order valence-corrected chi connectivity index (χ4v) is 7.97. The minimum absolute atomic E-state index is 0.0184. The molecule has 4 rings (SSSR count). The van der Waals surface area contributed by atoms with Crippen LogP contribution < -0.4 is 5.32 Å². The van der Waals surface area contributed by atoms with Crippen LogP contribution in [0.25, 0.3) is 0 Å². The number of nitrogens with zero attached hydrogens (tertiary/aromatic N) is 3. The summed E-state index contributed by atoms with van der Waals surface area (Å²) >= 11 is 0. The van der Waals surface area contributed by atoms with Gasteiger partial charge in [0.15, 0.2) is 5.69 Å². The van der Waals surface area contributed by atoms with Crippen LogP contribution in [-0.4, -0.2) is 110 Å². The second-order valence-electron chi connectivity index (χ2n) is 12.9. The number of hydrogen-bond donors (Lipinski definition) is 2. The largest absolute Gasteiger partial charge is 0.460 e. The fraction of sp³-hybridized carbons (Fsp3) is 0.618.